The maximum Gasteiger partial charge on any atom is 0.276 e. The molecule has 27 heavy (non-hydrogen) atoms. The van der Waals surface area contributed by atoms with Crippen molar-refractivity contribution >= 4 is 5.91 Å². The van der Waals surface area contributed by atoms with Crippen molar-refractivity contribution in [2.75, 3.05) is 13.2 Å². The van der Waals surface area contributed by atoms with Crippen molar-refractivity contribution in [3.8, 4) is 5.75 Å². The van der Waals surface area contributed by atoms with Crippen molar-refractivity contribution in [1.82, 2.24) is 9.88 Å². The number of amides is 1. The van der Waals surface area contributed by atoms with Crippen LogP contribution in [0, 0.1) is 5.82 Å². The second kappa shape index (κ2) is 8.08. The molecule has 146 valence electrons. The number of hydrogen-bond acceptors (Lipinski definition) is 5. The lowest BCUT2D eigenvalue weighted by molar-refractivity contribution is -0.0777. The van der Waals surface area contributed by atoms with Gasteiger partial charge in [0, 0.05) is 25.3 Å². The smallest absolute Gasteiger partial charge is 0.276 e. The Bertz CT molecular complexity index is 790. The Balaban J connectivity index is 1.64. The van der Waals surface area contributed by atoms with Gasteiger partial charge < -0.3 is 18.8 Å². The highest BCUT2D eigenvalue weighted by Gasteiger charge is 2.34. The molecule has 0 bridgehead atoms. The molecule has 1 aliphatic rings. The third-order valence-electron chi connectivity index (χ3n) is 4.64. The highest BCUT2D eigenvalue weighted by Crippen LogP contribution is 2.28. The van der Waals surface area contributed by atoms with Gasteiger partial charge in [-0.25, -0.2) is 9.37 Å². The maximum absolute atomic E-state index is 13.2. The molecule has 3 rings (SSSR count). The van der Waals surface area contributed by atoms with E-state index in [2.05, 4.69) is 4.98 Å². The number of benzene rings is 1. The Hall–Kier alpha value is -2.41. The number of rotatable bonds is 6. The van der Waals surface area contributed by atoms with Crippen LogP contribution in [-0.4, -0.2) is 40.6 Å². The van der Waals surface area contributed by atoms with Crippen molar-refractivity contribution < 1.29 is 23.1 Å². The summed E-state index contributed by atoms with van der Waals surface area (Å²) in [5.41, 5.74) is 0.00343. The third-order valence-corrected chi connectivity index (χ3v) is 4.64. The largest absolute Gasteiger partial charge is 0.484 e. The van der Waals surface area contributed by atoms with Crippen molar-refractivity contribution in [1.29, 1.82) is 0 Å². The minimum absolute atomic E-state index is 0.0210. The van der Waals surface area contributed by atoms with Crippen LogP contribution in [0.3, 0.4) is 0 Å². The molecule has 1 aromatic carbocycles. The van der Waals surface area contributed by atoms with E-state index in [-0.39, 0.29) is 41.6 Å². The van der Waals surface area contributed by atoms with Gasteiger partial charge in [0.25, 0.3) is 5.91 Å². The van der Waals surface area contributed by atoms with Crippen molar-refractivity contribution in [2.24, 2.45) is 0 Å². The fraction of sp³-hybridized carbons (Fsp3) is 0.500. The fourth-order valence-corrected chi connectivity index (χ4v) is 3.36. The average Bonchev–Trinajstić information content (AvgIpc) is 3.09. The van der Waals surface area contributed by atoms with Crippen LogP contribution >= 0.6 is 0 Å². The van der Waals surface area contributed by atoms with Gasteiger partial charge in [-0.15, -0.1) is 0 Å². The lowest BCUT2D eigenvalue weighted by Crippen LogP contribution is -2.48. The Morgan fingerprint density at radius 3 is 2.96 bits per heavy atom. The van der Waals surface area contributed by atoms with E-state index in [0.717, 1.165) is 12.8 Å². The number of nitrogens with zero attached hydrogens (tertiary/aromatic N) is 2. The number of hydrogen-bond donors (Lipinski definition) is 0. The Kier molecular flexibility index (Phi) is 5.79. The number of halogens is 1. The predicted molar refractivity (Wildman–Crippen MR) is 97.0 cm³/mol. The second-order valence-corrected chi connectivity index (χ2v) is 7.22. The normalized spacial score (nSPS) is 18.9. The van der Waals surface area contributed by atoms with Gasteiger partial charge in [-0.1, -0.05) is 6.07 Å². The number of aromatic nitrogens is 1. The molecule has 1 atom stereocenters. The van der Waals surface area contributed by atoms with Crippen LogP contribution in [0.5, 0.6) is 5.75 Å². The Morgan fingerprint density at radius 1 is 1.44 bits per heavy atom. The van der Waals surface area contributed by atoms with Crippen LogP contribution in [0.15, 0.2) is 34.9 Å². The lowest BCUT2D eigenvalue weighted by Gasteiger charge is -2.40. The first-order valence-corrected chi connectivity index (χ1v) is 9.15. The summed E-state index contributed by atoms with van der Waals surface area (Å²) >= 11 is 0. The molecule has 0 aliphatic carbocycles. The molecule has 2 aromatic rings. The van der Waals surface area contributed by atoms with Gasteiger partial charge in [-0.2, -0.15) is 0 Å². The van der Waals surface area contributed by atoms with Gasteiger partial charge in [-0.3, -0.25) is 4.79 Å². The third kappa shape index (κ3) is 4.86. The van der Waals surface area contributed by atoms with Gasteiger partial charge in [0.05, 0.1) is 5.60 Å². The second-order valence-electron chi connectivity index (χ2n) is 7.22. The Labute approximate surface area is 158 Å². The molecule has 0 radical (unpaired) electrons. The van der Waals surface area contributed by atoms with Gasteiger partial charge >= 0.3 is 0 Å². The van der Waals surface area contributed by atoms with Gasteiger partial charge in [-0.05, 0) is 45.7 Å². The summed E-state index contributed by atoms with van der Waals surface area (Å²) in [4.78, 5) is 18.9. The van der Waals surface area contributed by atoms with Crippen molar-refractivity contribution in [3.63, 3.8) is 0 Å². The molecule has 0 saturated carbocycles. The predicted octanol–water partition coefficient (Wildman–Crippen LogP) is 3.81. The molecule has 7 heteroatoms. The molecule has 0 N–H and O–H groups in total. The van der Waals surface area contributed by atoms with Crippen molar-refractivity contribution in [3.05, 3.63) is 47.9 Å². The summed E-state index contributed by atoms with van der Waals surface area (Å²) < 4.78 is 29.7. The van der Waals surface area contributed by atoms with Crippen LogP contribution in [0.25, 0.3) is 0 Å². The molecule has 1 fully saturated rings. The lowest BCUT2D eigenvalue weighted by atomic mass is 9.92. The van der Waals surface area contributed by atoms with Gasteiger partial charge in [0.2, 0.25) is 5.89 Å². The SMILES string of the molecule is CCN(C(=O)c1coc(COc2cccc(F)c2)n1)[C@@H]1CCOC(C)(C)C1. The molecule has 2 heterocycles. The van der Waals surface area contributed by atoms with E-state index in [4.69, 9.17) is 13.9 Å². The summed E-state index contributed by atoms with van der Waals surface area (Å²) in [6.07, 6.45) is 2.93. The first kappa shape index (κ1) is 19.4. The van der Waals surface area contributed by atoms with E-state index in [9.17, 15) is 9.18 Å². The number of carbonyl (C=O) groups excluding carboxylic acids is 1. The van der Waals surface area contributed by atoms with Gasteiger partial charge in [0.1, 0.15) is 17.8 Å². The first-order chi connectivity index (χ1) is 12.9. The minimum atomic E-state index is -0.381. The molecule has 0 unspecified atom stereocenters. The molecule has 1 aliphatic heterocycles. The molecule has 1 aromatic heterocycles. The monoisotopic (exact) mass is 376 g/mol. The first-order valence-electron chi connectivity index (χ1n) is 9.15. The van der Waals surface area contributed by atoms with Gasteiger partial charge in [0.15, 0.2) is 12.3 Å². The number of oxazole rings is 1. The zero-order valence-electron chi connectivity index (χ0n) is 15.9. The molecule has 6 nitrogen and oxygen atoms in total. The fourth-order valence-electron chi connectivity index (χ4n) is 3.36. The topological polar surface area (TPSA) is 64.8 Å². The summed E-state index contributed by atoms with van der Waals surface area (Å²) in [5, 5.41) is 0. The Morgan fingerprint density at radius 2 is 2.26 bits per heavy atom. The summed E-state index contributed by atoms with van der Waals surface area (Å²) in [6, 6.07) is 5.93. The molecular weight excluding hydrogens is 351 g/mol. The number of carbonyl (C=O) groups is 1. The summed E-state index contributed by atoms with van der Waals surface area (Å²) in [6.45, 7) is 7.26. The van der Waals surface area contributed by atoms with E-state index in [1.165, 1.54) is 18.4 Å². The van der Waals surface area contributed by atoms with Crippen LogP contribution in [-0.2, 0) is 11.3 Å². The van der Waals surface area contributed by atoms with E-state index < -0.39 is 0 Å². The zero-order valence-corrected chi connectivity index (χ0v) is 15.9. The average molecular weight is 376 g/mol. The molecule has 1 saturated heterocycles. The molecule has 0 spiro atoms. The van der Waals surface area contributed by atoms with E-state index in [1.54, 1.807) is 12.1 Å². The highest BCUT2D eigenvalue weighted by molar-refractivity contribution is 5.92. The zero-order chi connectivity index (χ0) is 19.4. The standard InChI is InChI=1S/C20H25FN2O4/c1-4-23(15-8-9-27-20(2,3)11-15)19(24)17-12-26-18(22-17)13-25-16-7-5-6-14(21)10-16/h5-7,10,12,15H,4,8-9,11,13H2,1-3H3/t15-/m1/s1. The van der Waals surface area contributed by atoms with E-state index in [1.807, 2.05) is 25.7 Å². The van der Waals surface area contributed by atoms with E-state index >= 15 is 0 Å². The van der Waals surface area contributed by atoms with Crippen molar-refractivity contribution in [2.45, 2.75) is 51.9 Å². The van der Waals surface area contributed by atoms with Crippen LogP contribution in [0.1, 0.15) is 50.0 Å². The summed E-state index contributed by atoms with van der Waals surface area (Å²) in [7, 11) is 0. The quantitative estimate of drug-likeness (QED) is 0.767. The number of ether oxygens (including phenoxy) is 2. The van der Waals surface area contributed by atoms with Crippen LogP contribution < -0.4 is 4.74 Å². The minimum Gasteiger partial charge on any atom is -0.484 e. The van der Waals surface area contributed by atoms with Crippen LogP contribution in [0.4, 0.5) is 4.39 Å². The highest BCUT2D eigenvalue weighted by atomic mass is 19.1. The van der Waals surface area contributed by atoms with Crippen LogP contribution in [0.2, 0.25) is 0 Å². The molecular formula is C20H25FN2O4. The van der Waals surface area contributed by atoms with E-state index in [0.29, 0.717) is 18.9 Å². The molecule has 1 amide bonds. The summed E-state index contributed by atoms with van der Waals surface area (Å²) in [5.74, 6) is 0.0985. The maximum atomic E-state index is 13.2.